The zero-order valence-electron chi connectivity index (χ0n) is 13.6. The third-order valence-corrected chi connectivity index (χ3v) is 5.12. The van der Waals surface area contributed by atoms with Crippen LogP contribution in [0.1, 0.15) is 11.1 Å². The van der Waals surface area contributed by atoms with E-state index in [-0.39, 0.29) is 12.4 Å². The molecule has 1 N–H and O–H groups in total. The molecule has 134 valence electrons. The van der Waals surface area contributed by atoms with Crippen molar-refractivity contribution in [2.75, 3.05) is 5.32 Å². The van der Waals surface area contributed by atoms with E-state index in [1.807, 2.05) is 36.4 Å². The van der Waals surface area contributed by atoms with Crippen LogP contribution in [0.3, 0.4) is 0 Å². The Kier molecular flexibility index (Phi) is 6.57. The van der Waals surface area contributed by atoms with Gasteiger partial charge in [-0.3, -0.25) is 0 Å². The molecule has 0 saturated carbocycles. The molecular weight excluding hydrogens is 484 g/mol. The van der Waals surface area contributed by atoms with Gasteiger partial charge in [-0.25, -0.2) is 4.39 Å². The topological polar surface area (TPSA) is 21.3 Å². The van der Waals surface area contributed by atoms with Crippen LogP contribution in [0.2, 0.25) is 5.02 Å². The molecule has 0 aliphatic rings. The van der Waals surface area contributed by atoms with E-state index in [9.17, 15) is 4.39 Å². The molecule has 3 aromatic carbocycles. The van der Waals surface area contributed by atoms with Crippen molar-refractivity contribution < 1.29 is 9.13 Å². The second-order valence-electron chi connectivity index (χ2n) is 5.63. The highest BCUT2D eigenvalue weighted by atomic mass is 79.9. The highest BCUT2D eigenvalue weighted by Crippen LogP contribution is 2.35. The molecule has 26 heavy (non-hydrogen) atoms. The Morgan fingerprint density at radius 3 is 2.38 bits per heavy atom. The first kappa shape index (κ1) is 19.2. The van der Waals surface area contributed by atoms with Crippen LogP contribution >= 0.6 is 43.5 Å². The van der Waals surface area contributed by atoms with E-state index in [1.165, 1.54) is 6.07 Å². The number of benzene rings is 3. The van der Waals surface area contributed by atoms with Gasteiger partial charge in [0.2, 0.25) is 0 Å². The van der Waals surface area contributed by atoms with Gasteiger partial charge in [-0.15, -0.1) is 0 Å². The summed E-state index contributed by atoms with van der Waals surface area (Å²) in [7, 11) is 0. The maximum absolute atomic E-state index is 13.7. The van der Waals surface area contributed by atoms with Crippen LogP contribution in [0.15, 0.2) is 69.6 Å². The number of hydrogen-bond donors (Lipinski definition) is 1. The lowest BCUT2D eigenvalue weighted by Gasteiger charge is -2.14. The molecule has 3 aromatic rings. The van der Waals surface area contributed by atoms with Gasteiger partial charge in [0, 0.05) is 22.8 Å². The molecule has 0 amide bonds. The average molecular weight is 500 g/mol. The van der Waals surface area contributed by atoms with Gasteiger partial charge in [-0.05, 0) is 73.8 Å². The van der Waals surface area contributed by atoms with Crippen molar-refractivity contribution in [2.45, 2.75) is 13.2 Å². The van der Waals surface area contributed by atoms with Gasteiger partial charge in [0.15, 0.2) is 0 Å². The number of halogens is 4. The minimum Gasteiger partial charge on any atom is -0.486 e. The molecule has 0 fully saturated rings. The lowest BCUT2D eigenvalue weighted by atomic mass is 10.2. The van der Waals surface area contributed by atoms with E-state index < -0.39 is 0 Å². The fraction of sp³-hybridized carbons (Fsp3) is 0.100. The van der Waals surface area contributed by atoms with Gasteiger partial charge in [0.05, 0.1) is 8.95 Å². The van der Waals surface area contributed by atoms with Gasteiger partial charge in [0.25, 0.3) is 0 Å². The number of ether oxygens (including phenoxy) is 1. The Morgan fingerprint density at radius 2 is 1.69 bits per heavy atom. The predicted octanol–water partition coefficient (Wildman–Crippen LogP) is 7.20. The summed E-state index contributed by atoms with van der Waals surface area (Å²) in [5, 5.41) is 4.01. The van der Waals surface area contributed by atoms with Crippen LogP contribution in [0.5, 0.6) is 5.75 Å². The lowest BCUT2D eigenvalue weighted by Crippen LogP contribution is -2.02. The molecule has 0 aromatic heterocycles. The quantitative estimate of drug-likeness (QED) is 0.387. The second kappa shape index (κ2) is 8.89. The number of nitrogens with one attached hydrogen (secondary N) is 1. The van der Waals surface area contributed by atoms with E-state index in [0.717, 1.165) is 20.2 Å². The third-order valence-electron chi connectivity index (χ3n) is 3.71. The first-order chi connectivity index (χ1) is 12.5. The van der Waals surface area contributed by atoms with Gasteiger partial charge in [0.1, 0.15) is 18.2 Å². The standard InChI is InChI=1S/C20H15Br2ClFNO/c21-17-8-13(11-25-16-6-3-5-15(23)10-16)9-18(22)20(17)26-12-14-4-1-2-7-19(14)24/h1-10,25H,11-12H2. The molecule has 0 radical (unpaired) electrons. The zero-order valence-corrected chi connectivity index (χ0v) is 17.5. The van der Waals surface area contributed by atoms with Crippen LogP contribution in [0.4, 0.5) is 10.1 Å². The monoisotopic (exact) mass is 497 g/mol. The lowest BCUT2D eigenvalue weighted by molar-refractivity contribution is 0.296. The van der Waals surface area contributed by atoms with Gasteiger partial charge in [-0.2, -0.15) is 0 Å². The molecule has 6 heteroatoms. The van der Waals surface area contributed by atoms with Crippen molar-refractivity contribution in [2.24, 2.45) is 0 Å². The smallest absolute Gasteiger partial charge is 0.148 e. The van der Waals surface area contributed by atoms with Crippen molar-refractivity contribution in [1.29, 1.82) is 0 Å². The summed E-state index contributed by atoms with van der Waals surface area (Å²) in [6.07, 6.45) is 0. The summed E-state index contributed by atoms with van der Waals surface area (Å²) in [4.78, 5) is 0. The van der Waals surface area contributed by atoms with Crippen molar-refractivity contribution in [1.82, 2.24) is 0 Å². The van der Waals surface area contributed by atoms with E-state index in [0.29, 0.717) is 22.9 Å². The zero-order chi connectivity index (χ0) is 18.5. The molecule has 2 nitrogen and oxygen atoms in total. The van der Waals surface area contributed by atoms with Crippen LogP contribution in [-0.2, 0) is 13.2 Å². The van der Waals surface area contributed by atoms with Crippen LogP contribution in [0, 0.1) is 5.82 Å². The molecular formula is C20H15Br2ClFNO. The van der Waals surface area contributed by atoms with Crippen LogP contribution in [0.25, 0.3) is 0 Å². The molecule has 0 heterocycles. The predicted molar refractivity (Wildman–Crippen MR) is 111 cm³/mol. The summed E-state index contributed by atoms with van der Waals surface area (Å²) in [5.74, 6) is 0.363. The number of anilines is 1. The summed E-state index contributed by atoms with van der Waals surface area (Å²) < 4.78 is 21.1. The Bertz CT molecular complexity index is 897. The summed E-state index contributed by atoms with van der Waals surface area (Å²) >= 11 is 13.1. The Morgan fingerprint density at radius 1 is 0.962 bits per heavy atom. The number of rotatable bonds is 6. The Hall–Kier alpha value is -1.56. The molecule has 0 unspecified atom stereocenters. The summed E-state index contributed by atoms with van der Waals surface area (Å²) in [6.45, 7) is 0.787. The molecule has 0 spiro atoms. The molecule has 0 atom stereocenters. The minimum absolute atomic E-state index is 0.157. The highest BCUT2D eigenvalue weighted by molar-refractivity contribution is 9.11. The molecule has 0 saturated heterocycles. The SMILES string of the molecule is Fc1ccccc1COc1c(Br)cc(CNc2cccc(Cl)c2)cc1Br. The molecule has 0 aliphatic carbocycles. The Balaban J connectivity index is 1.69. The highest BCUT2D eigenvalue weighted by Gasteiger charge is 2.11. The molecule has 3 rings (SSSR count). The normalized spacial score (nSPS) is 10.6. The number of hydrogen-bond acceptors (Lipinski definition) is 2. The van der Waals surface area contributed by atoms with Gasteiger partial charge < -0.3 is 10.1 Å². The first-order valence-corrected chi connectivity index (χ1v) is 9.83. The largest absolute Gasteiger partial charge is 0.486 e. The van der Waals surface area contributed by atoms with E-state index in [2.05, 4.69) is 37.2 Å². The maximum atomic E-state index is 13.7. The summed E-state index contributed by atoms with van der Waals surface area (Å²) in [5.41, 5.74) is 2.52. The van der Waals surface area contributed by atoms with E-state index in [1.54, 1.807) is 18.2 Å². The molecule has 0 aliphatic heterocycles. The van der Waals surface area contributed by atoms with Crippen LogP contribution in [-0.4, -0.2) is 0 Å². The average Bonchev–Trinajstić information content (AvgIpc) is 2.61. The maximum Gasteiger partial charge on any atom is 0.148 e. The first-order valence-electron chi connectivity index (χ1n) is 7.86. The van der Waals surface area contributed by atoms with Crippen molar-refractivity contribution in [3.63, 3.8) is 0 Å². The van der Waals surface area contributed by atoms with Crippen molar-refractivity contribution >= 4 is 49.1 Å². The fourth-order valence-corrected chi connectivity index (χ4v) is 4.12. The van der Waals surface area contributed by atoms with Gasteiger partial charge >= 0.3 is 0 Å². The minimum atomic E-state index is -0.276. The van der Waals surface area contributed by atoms with Crippen molar-refractivity contribution in [3.8, 4) is 5.75 Å². The van der Waals surface area contributed by atoms with E-state index in [4.69, 9.17) is 16.3 Å². The Labute approximate surface area is 173 Å². The fourth-order valence-electron chi connectivity index (χ4n) is 2.42. The van der Waals surface area contributed by atoms with Crippen LogP contribution < -0.4 is 10.1 Å². The second-order valence-corrected chi connectivity index (χ2v) is 7.78. The summed E-state index contributed by atoms with van der Waals surface area (Å²) in [6, 6.07) is 18.1. The molecule has 0 bridgehead atoms. The van der Waals surface area contributed by atoms with Crippen molar-refractivity contribution in [3.05, 3.63) is 91.6 Å². The van der Waals surface area contributed by atoms with Gasteiger partial charge in [-0.1, -0.05) is 35.9 Å². The third kappa shape index (κ3) is 5.00. The van der Waals surface area contributed by atoms with E-state index >= 15 is 0 Å².